The van der Waals surface area contributed by atoms with E-state index in [1.54, 1.807) is 12.1 Å². The molecule has 2 aromatic heterocycles. The summed E-state index contributed by atoms with van der Waals surface area (Å²) in [6.07, 6.45) is 0. The van der Waals surface area contributed by atoms with Gasteiger partial charge in [0.15, 0.2) is 0 Å². The third-order valence-corrected chi connectivity index (χ3v) is 4.91. The molecule has 0 radical (unpaired) electrons. The molecule has 0 saturated carbocycles. The van der Waals surface area contributed by atoms with E-state index in [2.05, 4.69) is 10.2 Å². The van der Waals surface area contributed by atoms with Crippen LogP contribution in [0.15, 0.2) is 83.3 Å². The van der Waals surface area contributed by atoms with E-state index >= 15 is 0 Å². The van der Waals surface area contributed by atoms with Gasteiger partial charge in [-0.25, -0.2) is 4.98 Å². The molecule has 0 unspecified atom stereocenters. The topological polar surface area (TPSA) is 66.0 Å². The molecule has 0 amide bonds. The SMILES string of the molecule is Clc1cccc(-c2nnc(Cn3c(COc4ccccc4)nc4ccccc43)o2)c1. The number of ether oxygens (including phenoxy) is 1. The average molecular weight is 417 g/mol. The molecule has 7 heteroatoms. The second kappa shape index (κ2) is 8.00. The number of hydrogen-bond donors (Lipinski definition) is 0. The zero-order chi connectivity index (χ0) is 20.3. The van der Waals surface area contributed by atoms with E-state index < -0.39 is 0 Å². The van der Waals surface area contributed by atoms with Gasteiger partial charge < -0.3 is 13.7 Å². The molecule has 0 fully saturated rings. The Labute approximate surface area is 177 Å². The fraction of sp³-hybridized carbons (Fsp3) is 0.0870. The normalized spacial score (nSPS) is 11.1. The van der Waals surface area contributed by atoms with Gasteiger partial charge in [0.2, 0.25) is 11.8 Å². The number of imidazole rings is 1. The third kappa shape index (κ3) is 3.77. The summed E-state index contributed by atoms with van der Waals surface area (Å²) in [6, 6.07) is 24.9. The molecule has 0 atom stereocenters. The fourth-order valence-electron chi connectivity index (χ4n) is 3.27. The largest absolute Gasteiger partial charge is 0.486 e. The Balaban J connectivity index is 1.45. The van der Waals surface area contributed by atoms with Crippen LogP contribution in [0.25, 0.3) is 22.5 Å². The van der Waals surface area contributed by atoms with Gasteiger partial charge in [0.1, 0.15) is 24.7 Å². The number of rotatable bonds is 6. The number of fused-ring (bicyclic) bond motifs is 1. The van der Waals surface area contributed by atoms with Crippen LogP contribution in [-0.4, -0.2) is 19.7 Å². The molecule has 2 heterocycles. The van der Waals surface area contributed by atoms with Gasteiger partial charge in [-0.15, -0.1) is 10.2 Å². The Kier molecular flexibility index (Phi) is 4.91. The summed E-state index contributed by atoms with van der Waals surface area (Å²) in [5, 5.41) is 9.00. The van der Waals surface area contributed by atoms with Crippen molar-refractivity contribution in [3.05, 3.63) is 95.6 Å². The van der Waals surface area contributed by atoms with Crippen LogP contribution >= 0.6 is 11.6 Å². The first-order valence-corrected chi connectivity index (χ1v) is 9.84. The van der Waals surface area contributed by atoms with Crippen LogP contribution in [-0.2, 0) is 13.2 Å². The fourth-order valence-corrected chi connectivity index (χ4v) is 3.46. The number of aromatic nitrogens is 4. The summed E-state index contributed by atoms with van der Waals surface area (Å²) in [6.45, 7) is 0.718. The first-order chi connectivity index (χ1) is 14.8. The summed E-state index contributed by atoms with van der Waals surface area (Å²) in [5.74, 6) is 2.48. The van der Waals surface area contributed by atoms with E-state index in [1.807, 2.05) is 71.3 Å². The summed E-state index contributed by atoms with van der Waals surface area (Å²) in [4.78, 5) is 4.73. The minimum absolute atomic E-state index is 0.327. The summed E-state index contributed by atoms with van der Waals surface area (Å²) in [5.41, 5.74) is 2.65. The number of nitrogens with zero attached hydrogens (tertiary/aromatic N) is 4. The number of benzene rings is 3. The van der Waals surface area contributed by atoms with Gasteiger partial charge in [-0.05, 0) is 42.5 Å². The van der Waals surface area contributed by atoms with E-state index in [9.17, 15) is 0 Å². The van der Waals surface area contributed by atoms with Crippen molar-refractivity contribution in [1.29, 1.82) is 0 Å². The quantitative estimate of drug-likeness (QED) is 0.372. The summed E-state index contributed by atoms with van der Waals surface area (Å²) < 4.78 is 13.9. The zero-order valence-corrected chi connectivity index (χ0v) is 16.7. The lowest BCUT2D eigenvalue weighted by Gasteiger charge is -2.08. The molecule has 5 rings (SSSR count). The van der Waals surface area contributed by atoms with Crippen molar-refractivity contribution in [2.24, 2.45) is 0 Å². The van der Waals surface area contributed by atoms with E-state index in [4.69, 9.17) is 25.7 Å². The van der Waals surface area contributed by atoms with Gasteiger partial charge in [0, 0.05) is 10.6 Å². The Morgan fingerprint density at radius 2 is 1.73 bits per heavy atom. The Morgan fingerprint density at radius 3 is 2.60 bits per heavy atom. The Hall–Kier alpha value is -3.64. The number of halogens is 1. The Bertz CT molecular complexity index is 1300. The predicted octanol–water partition coefficient (Wildman–Crippen LogP) is 5.37. The maximum absolute atomic E-state index is 6.07. The molecule has 0 N–H and O–H groups in total. The van der Waals surface area contributed by atoms with Gasteiger partial charge in [-0.2, -0.15) is 0 Å². The zero-order valence-electron chi connectivity index (χ0n) is 15.9. The maximum atomic E-state index is 6.07. The molecule has 0 aliphatic rings. The van der Waals surface area contributed by atoms with E-state index in [1.165, 1.54) is 0 Å². The van der Waals surface area contributed by atoms with Crippen molar-refractivity contribution in [2.75, 3.05) is 0 Å². The molecule has 0 aliphatic carbocycles. The van der Waals surface area contributed by atoms with Gasteiger partial charge in [0.05, 0.1) is 11.0 Å². The van der Waals surface area contributed by atoms with Gasteiger partial charge >= 0.3 is 0 Å². The molecule has 0 bridgehead atoms. The van der Waals surface area contributed by atoms with E-state index in [0.717, 1.165) is 28.2 Å². The van der Waals surface area contributed by atoms with Gasteiger partial charge in [0.25, 0.3) is 0 Å². The predicted molar refractivity (Wildman–Crippen MR) is 114 cm³/mol. The summed E-state index contributed by atoms with van der Waals surface area (Å²) in [7, 11) is 0. The monoisotopic (exact) mass is 416 g/mol. The second-order valence-corrected chi connectivity index (χ2v) is 7.15. The molecule has 30 heavy (non-hydrogen) atoms. The van der Waals surface area contributed by atoms with E-state index in [-0.39, 0.29) is 0 Å². The van der Waals surface area contributed by atoms with E-state index in [0.29, 0.717) is 30.0 Å². The molecule has 0 aliphatic heterocycles. The van der Waals surface area contributed by atoms with Crippen molar-refractivity contribution in [3.8, 4) is 17.2 Å². The van der Waals surface area contributed by atoms with Gasteiger partial charge in [-0.3, -0.25) is 0 Å². The first kappa shape index (κ1) is 18.4. The van der Waals surface area contributed by atoms with Crippen LogP contribution in [0, 0.1) is 0 Å². The standard InChI is InChI=1S/C23H17ClN4O2/c24-17-8-6-7-16(13-17)23-27-26-22(30-23)14-28-20-12-5-4-11-19(20)25-21(28)15-29-18-9-2-1-3-10-18/h1-13H,14-15H2. The van der Waals surface area contributed by atoms with Crippen LogP contribution in [0.2, 0.25) is 5.02 Å². The molecular formula is C23H17ClN4O2. The highest BCUT2D eigenvalue weighted by Crippen LogP contribution is 2.23. The minimum Gasteiger partial charge on any atom is -0.486 e. The third-order valence-electron chi connectivity index (χ3n) is 4.68. The second-order valence-electron chi connectivity index (χ2n) is 6.72. The molecule has 148 valence electrons. The first-order valence-electron chi connectivity index (χ1n) is 9.46. The molecular weight excluding hydrogens is 400 g/mol. The Morgan fingerprint density at radius 1 is 0.900 bits per heavy atom. The van der Waals surface area contributed by atoms with Crippen LogP contribution in [0.4, 0.5) is 0 Å². The molecule has 0 spiro atoms. The van der Waals surface area contributed by atoms with Crippen LogP contribution in [0.1, 0.15) is 11.7 Å². The van der Waals surface area contributed by atoms with Crippen molar-refractivity contribution in [3.63, 3.8) is 0 Å². The highest BCUT2D eigenvalue weighted by molar-refractivity contribution is 6.30. The van der Waals surface area contributed by atoms with Crippen molar-refractivity contribution >= 4 is 22.6 Å². The van der Waals surface area contributed by atoms with Crippen molar-refractivity contribution < 1.29 is 9.15 Å². The minimum atomic E-state index is 0.327. The lowest BCUT2D eigenvalue weighted by atomic mass is 10.2. The summed E-state index contributed by atoms with van der Waals surface area (Å²) >= 11 is 6.07. The smallest absolute Gasteiger partial charge is 0.247 e. The lowest BCUT2D eigenvalue weighted by Crippen LogP contribution is -2.08. The highest BCUT2D eigenvalue weighted by Gasteiger charge is 2.15. The maximum Gasteiger partial charge on any atom is 0.247 e. The van der Waals surface area contributed by atoms with Gasteiger partial charge in [-0.1, -0.05) is 48.0 Å². The molecule has 0 saturated heterocycles. The van der Waals surface area contributed by atoms with Crippen LogP contribution < -0.4 is 4.74 Å². The average Bonchev–Trinajstić information content (AvgIpc) is 3.38. The van der Waals surface area contributed by atoms with Crippen LogP contribution in [0.3, 0.4) is 0 Å². The van der Waals surface area contributed by atoms with Crippen LogP contribution in [0.5, 0.6) is 5.75 Å². The highest BCUT2D eigenvalue weighted by atomic mass is 35.5. The van der Waals surface area contributed by atoms with Crippen molar-refractivity contribution in [2.45, 2.75) is 13.2 Å². The number of para-hydroxylation sites is 3. The van der Waals surface area contributed by atoms with Crippen molar-refractivity contribution in [1.82, 2.24) is 19.7 Å². The molecule has 3 aromatic carbocycles. The lowest BCUT2D eigenvalue weighted by molar-refractivity contribution is 0.290. The molecule has 5 aromatic rings. The molecule has 6 nitrogen and oxygen atoms in total. The number of hydrogen-bond acceptors (Lipinski definition) is 5.